The van der Waals surface area contributed by atoms with Gasteiger partial charge < -0.3 is 4.81 Å². The van der Waals surface area contributed by atoms with Crippen LogP contribution >= 0.6 is 0 Å². The Labute approximate surface area is 221 Å². The van der Waals surface area contributed by atoms with Crippen LogP contribution in [0.1, 0.15) is 0 Å². The number of para-hydroxylation sites is 1. The lowest BCUT2D eigenvalue weighted by molar-refractivity contribution is 1.36. The smallest absolute Gasteiger partial charge is 0.329 e. The highest BCUT2D eigenvalue weighted by Crippen LogP contribution is 2.49. The van der Waals surface area contributed by atoms with Gasteiger partial charge in [0.1, 0.15) is 0 Å². The molecule has 174 valence electrons. The van der Waals surface area contributed by atoms with Gasteiger partial charge in [-0.2, -0.15) is 0 Å². The van der Waals surface area contributed by atoms with Crippen LogP contribution in [0.2, 0.25) is 0 Å². The van der Waals surface area contributed by atoms with Crippen LogP contribution in [0.25, 0.3) is 54.6 Å². The van der Waals surface area contributed by atoms with E-state index >= 15 is 0 Å². The van der Waals surface area contributed by atoms with E-state index in [0.717, 1.165) is 0 Å². The van der Waals surface area contributed by atoms with E-state index in [9.17, 15) is 0 Å². The molecule has 1 nitrogen and oxygen atoms in total. The molecule has 2 heterocycles. The molecule has 0 saturated heterocycles. The number of nitrogens with zero attached hydrogens (tertiary/aromatic N) is 1. The summed E-state index contributed by atoms with van der Waals surface area (Å²) in [5.41, 5.74) is 10.6. The van der Waals surface area contributed by atoms with Crippen LogP contribution < -0.4 is 15.7 Å². The first-order chi connectivity index (χ1) is 18.9. The van der Waals surface area contributed by atoms with Gasteiger partial charge in [-0.05, 0) is 72.6 Å². The summed E-state index contributed by atoms with van der Waals surface area (Å²) in [5.74, 6) is 0. The quantitative estimate of drug-likeness (QED) is 0.199. The molecule has 0 fully saturated rings. The van der Waals surface area contributed by atoms with Crippen LogP contribution in [-0.2, 0) is 0 Å². The zero-order chi connectivity index (χ0) is 24.8. The molecular formula is C36H22BN. The fourth-order valence-corrected chi connectivity index (χ4v) is 7.00. The van der Waals surface area contributed by atoms with Crippen molar-refractivity contribution in [3.8, 4) is 22.3 Å². The maximum absolute atomic E-state index is 2.60. The Morgan fingerprint density at radius 3 is 1.79 bits per heavy atom. The highest BCUT2D eigenvalue weighted by atomic mass is 15.1. The molecule has 0 spiro atoms. The Hall–Kier alpha value is -4.82. The lowest BCUT2D eigenvalue weighted by Crippen LogP contribution is -2.59. The monoisotopic (exact) mass is 479 g/mol. The van der Waals surface area contributed by atoms with Gasteiger partial charge in [0.2, 0.25) is 0 Å². The van der Waals surface area contributed by atoms with E-state index in [4.69, 9.17) is 0 Å². The largest absolute Gasteiger partial charge is 0.376 e. The van der Waals surface area contributed by atoms with E-state index < -0.39 is 0 Å². The van der Waals surface area contributed by atoms with E-state index in [1.54, 1.807) is 0 Å². The summed E-state index contributed by atoms with van der Waals surface area (Å²) in [4.78, 5) is 2.60. The summed E-state index contributed by atoms with van der Waals surface area (Å²) in [7, 11) is 0. The van der Waals surface area contributed by atoms with Crippen LogP contribution in [0.3, 0.4) is 0 Å². The van der Waals surface area contributed by atoms with Gasteiger partial charge in [0.15, 0.2) is 0 Å². The lowest BCUT2D eigenvalue weighted by atomic mass is 9.42. The minimum absolute atomic E-state index is 0.0952. The van der Waals surface area contributed by atoms with Crippen LogP contribution in [0.4, 0.5) is 11.4 Å². The summed E-state index contributed by atoms with van der Waals surface area (Å²) in [5, 5.41) is 7.77. The third-order valence-corrected chi connectivity index (χ3v) is 8.60. The molecule has 0 saturated carbocycles. The van der Waals surface area contributed by atoms with Gasteiger partial charge in [-0.1, -0.05) is 115 Å². The number of fused-ring (bicyclic) bond motifs is 16. The molecule has 2 aliphatic heterocycles. The van der Waals surface area contributed by atoms with E-state index in [-0.39, 0.29) is 6.85 Å². The predicted molar refractivity (Wildman–Crippen MR) is 163 cm³/mol. The maximum Gasteiger partial charge on any atom is 0.329 e. The third-order valence-electron chi connectivity index (χ3n) is 8.60. The van der Waals surface area contributed by atoms with E-state index in [1.807, 2.05) is 0 Å². The molecule has 0 bridgehead atoms. The normalized spacial score (nSPS) is 13.2. The molecule has 38 heavy (non-hydrogen) atoms. The summed E-state index contributed by atoms with van der Waals surface area (Å²) in [6.07, 6.45) is 0. The first-order valence-electron chi connectivity index (χ1n) is 13.3. The second-order valence-corrected chi connectivity index (χ2v) is 10.5. The Bertz CT molecular complexity index is 2110. The molecule has 0 N–H and O–H groups in total. The average Bonchev–Trinajstić information content (AvgIpc) is 2.99. The van der Waals surface area contributed by atoms with Crippen molar-refractivity contribution in [2.75, 3.05) is 4.81 Å². The molecule has 9 rings (SSSR count). The number of rotatable bonds is 0. The van der Waals surface area contributed by atoms with Crippen molar-refractivity contribution in [3.05, 3.63) is 133 Å². The molecule has 0 radical (unpaired) electrons. The Morgan fingerprint density at radius 1 is 0.395 bits per heavy atom. The molecule has 0 atom stereocenters. The number of anilines is 2. The van der Waals surface area contributed by atoms with Gasteiger partial charge in [0.25, 0.3) is 0 Å². The van der Waals surface area contributed by atoms with Crippen LogP contribution in [0.5, 0.6) is 0 Å². The number of hydrogen-bond donors (Lipinski definition) is 0. The van der Waals surface area contributed by atoms with Crippen molar-refractivity contribution in [2.24, 2.45) is 0 Å². The van der Waals surface area contributed by atoms with E-state index in [0.29, 0.717) is 0 Å². The van der Waals surface area contributed by atoms with E-state index in [2.05, 4.69) is 138 Å². The molecular weight excluding hydrogens is 457 g/mol. The number of hydrogen-bond acceptors (Lipinski definition) is 1. The van der Waals surface area contributed by atoms with Gasteiger partial charge in [-0.15, -0.1) is 0 Å². The van der Waals surface area contributed by atoms with Crippen LogP contribution in [0, 0.1) is 0 Å². The molecule has 7 aromatic carbocycles. The Morgan fingerprint density at radius 2 is 1.00 bits per heavy atom. The van der Waals surface area contributed by atoms with Gasteiger partial charge >= 0.3 is 6.85 Å². The first-order valence-corrected chi connectivity index (χ1v) is 13.3. The molecule has 7 aromatic rings. The van der Waals surface area contributed by atoms with Gasteiger partial charge in [0.05, 0.1) is 0 Å². The standard InChI is InChI=1S/C36H22BN/c1-2-12-26-22-32-30(21-25(26)11-1)29-15-7-8-16-33(29)38-34-20-18-24-10-4-6-14-28(24)36(34)35-27-13-5-3-9-23(27)17-19-31(35)37(32)38/h1-22H. The molecule has 0 unspecified atom stereocenters. The van der Waals surface area contributed by atoms with Crippen LogP contribution in [0.15, 0.2) is 133 Å². The fourth-order valence-electron chi connectivity index (χ4n) is 7.00. The van der Waals surface area contributed by atoms with Crippen molar-refractivity contribution in [1.29, 1.82) is 0 Å². The first kappa shape index (κ1) is 20.3. The minimum Gasteiger partial charge on any atom is -0.376 e. The van der Waals surface area contributed by atoms with Crippen molar-refractivity contribution in [3.63, 3.8) is 0 Å². The van der Waals surface area contributed by atoms with Gasteiger partial charge in [-0.3, -0.25) is 0 Å². The maximum atomic E-state index is 2.60. The second kappa shape index (κ2) is 7.37. The van der Waals surface area contributed by atoms with Crippen molar-refractivity contribution in [1.82, 2.24) is 0 Å². The summed E-state index contributed by atoms with van der Waals surface area (Å²) in [6, 6.07) is 49.6. The van der Waals surface area contributed by atoms with Crippen molar-refractivity contribution in [2.45, 2.75) is 0 Å². The highest BCUT2D eigenvalue weighted by molar-refractivity contribution is 6.93. The summed E-state index contributed by atoms with van der Waals surface area (Å²) < 4.78 is 0. The molecule has 2 heteroatoms. The molecule has 0 aromatic heterocycles. The topological polar surface area (TPSA) is 3.24 Å². The van der Waals surface area contributed by atoms with Crippen molar-refractivity contribution >= 4 is 61.5 Å². The SMILES string of the molecule is c1ccc2c(c1)-c1cc3ccccc3cc1B1c3ccc4ccccc4c3-c3c(ccc4ccccc34)N12. The molecule has 0 aliphatic carbocycles. The van der Waals surface area contributed by atoms with Crippen LogP contribution in [-0.4, -0.2) is 6.85 Å². The zero-order valence-electron chi connectivity index (χ0n) is 20.7. The average molecular weight is 479 g/mol. The number of benzene rings is 7. The van der Waals surface area contributed by atoms with Gasteiger partial charge in [0, 0.05) is 22.5 Å². The predicted octanol–water partition coefficient (Wildman–Crippen LogP) is 8.05. The van der Waals surface area contributed by atoms with Crippen molar-refractivity contribution < 1.29 is 0 Å². The zero-order valence-corrected chi connectivity index (χ0v) is 20.7. The molecule has 2 aliphatic rings. The Kier molecular flexibility index (Phi) is 3.93. The summed E-state index contributed by atoms with van der Waals surface area (Å²) in [6.45, 7) is 0.0952. The van der Waals surface area contributed by atoms with E-state index in [1.165, 1.54) is 76.9 Å². The highest BCUT2D eigenvalue weighted by Gasteiger charge is 2.43. The molecule has 0 amide bonds. The lowest BCUT2D eigenvalue weighted by Gasteiger charge is -2.44. The Balaban J connectivity index is 1.49. The minimum atomic E-state index is 0.0952. The third kappa shape index (κ3) is 2.57. The fraction of sp³-hybridized carbons (Fsp3) is 0. The second-order valence-electron chi connectivity index (χ2n) is 10.5. The summed E-state index contributed by atoms with van der Waals surface area (Å²) >= 11 is 0. The van der Waals surface area contributed by atoms with Gasteiger partial charge in [-0.25, -0.2) is 0 Å².